The number of aromatic nitrogens is 3. The number of hydrogen-bond acceptors (Lipinski definition) is 3. The van der Waals surface area contributed by atoms with Crippen LogP contribution < -0.4 is 0 Å². The maximum absolute atomic E-state index is 5.25. The standard InChI is InChI=1S/C49H33N3S/c1-2-14-32-15-9-10-22-39(32)36-26-28-44-42(31-36)41-30-35(25-27-43(41)52(44)38-20-7-4-8-21-38)34-18-13-19-37(29-34)49-50-46(33-16-5-3-6-17-33)48-47(51-49)40-23-11-12-24-45(40)53-48/h2-13,15-31H,1,14H2. The van der Waals surface area contributed by atoms with Crippen molar-refractivity contribution < 1.29 is 0 Å². The number of fused-ring (bicyclic) bond motifs is 6. The predicted molar refractivity (Wildman–Crippen MR) is 225 cm³/mol. The maximum Gasteiger partial charge on any atom is 0.160 e. The van der Waals surface area contributed by atoms with Gasteiger partial charge in [-0.2, -0.15) is 0 Å². The molecule has 0 atom stereocenters. The molecule has 10 aromatic rings. The van der Waals surface area contributed by atoms with Crippen molar-refractivity contribution in [3.63, 3.8) is 0 Å². The van der Waals surface area contributed by atoms with Gasteiger partial charge in [0.2, 0.25) is 0 Å². The van der Waals surface area contributed by atoms with Crippen LogP contribution in [0.5, 0.6) is 0 Å². The van der Waals surface area contributed by atoms with E-state index in [9.17, 15) is 0 Å². The first-order valence-electron chi connectivity index (χ1n) is 17.9. The molecule has 3 aromatic heterocycles. The van der Waals surface area contributed by atoms with Gasteiger partial charge in [-0.15, -0.1) is 17.9 Å². The van der Waals surface area contributed by atoms with E-state index in [1.807, 2.05) is 12.1 Å². The molecule has 0 aliphatic heterocycles. The zero-order valence-electron chi connectivity index (χ0n) is 28.9. The molecule has 0 amide bonds. The van der Waals surface area contributed by atoms with Crippen LogP contribution in [0.15, 0.2) is 183 Å². The minimum Gasteiger partial charge on any atom is -0.309 e. The van der Waals surface area contributed by atoms with Crippen molar-refractivity contribution in [1.29, 1.82) is 0 Å². The Labute approximate surface area is 311 Å². The highest BCUT2D eigenvalue weighted by molar-refractivity contribution is 7.26. The van der Waals surface area contributed by atoms with Crippen LogP contribution in [-0.4, -0.2) is 14.5 Å². The van der Waals surface area contributed by atoms with Gasteiger partial charge in [-0.1, -0.05) is 127 Å². The van der Waals surface area contributed by atoms with Gasteiger partial charge >= 0.3 is 0 Å². The second kappa shape index (κ2) is 12.9. The number of thiophene rings is 1. The van der Waals surface area contributed by atoms with Crippen molar-refractivity contribution in [3.05, 3.63) is 188 Å². The molecule has 0 N–H and O–H groups in total. The molecule has 250 valence electrons. The molecule has 0 unspecified atom stereocenters. The molecule has 7 aromatic carbocycles. The van der Waals surface area contributed by atoms with Crippen molar-refractivity contribution in [2.75, 3.05) is 0 Å². The second-order valence-corrected chi connectivity index (χ2v) is 14.5. The first kappa shape index (κ1) is 31.1. The monoisotopic (exact) mass is 695 g/mol. The second-order valence-electron chi connectivity index (χ2n) is 13.4. The third kappa shape index (κ3) is 5.35. The number of para-hydroxylation sites is 1. The van der Waals surface area contributed by atoms with Gasteiger partial charge in [0, 0.05) is 37.7 Å². The van der Waals surface area contributed by atoms with Crippen molar-refractivity contribution in [3.8, 4) is 50.6 Å². The van der Waals surface area contributed by atoms with Crippen LogP contribution in [0.4, 0.5) is 0 Å². The van der Waals surface area contributed by atoms with E-state index in [0.29, 0.717) is 0 Å². The smallest absolute Gasteiger partial charge is 0.160 e. The summed E-state index contributed by atoms with van der Waals surface area (Å²) in [7, 11) is 0. The van der Waals surface area contributed by atoms with E-state index in [1.165, 1.54) is 43.2 Å². The average molecular weight is 696 g/mol. The van der Waals surface area contributed by atoms with E-state index in [1.54, 1.807) is 11.3 Å². The van der Waals surface area contributed by atoms with Gasteiger partial charge < -0.3 is 4.57 Å². The van der Waals surface area contributed by atoms with Gasteiger partial charge in [0.1, 0.15) is 0 Å². The summed E-state index contributed by atoms with van der Waals surface area (Å²) in [4.78, 5) is 10.5. The lowest BCUT2D eigenvalue weighted by Crippen LogP contribution is -1.94. The van der Waals surface area contributed by atoms with Gasteiger partial charge in [0.15, 0.2) is 5.82 Å². The molecule has 4 heteroatoms. The van der Waals surface area contributed by atoms with E-state index >= 15 is 0 Å². The fourth-order valence-corrected chi connectivity index (χ4v) is 8.86. The number of rotatable bonds is 7. The fourth-order valence-electron chi connectivity index (χ4n) is 7.71. The molecule has 0 saturated carbocycles. The van der Waals surface area contributed by atoms with E-state index in [4.69, 9.17) is 9.97 Å². The van der Waals surface area contributed by atoms with Gasteiger partial charge in [0.05, 0.1) is 26.9 Å². The third-order valence-corrected chi connectivity index (χ3v) is 11.4. The van der Waals surface area contributed by atoms with E-state index < -0.39 is 0 Å². The normalized spacial score (nSPS) is 11.5. The minimum absolute atomic E-state index is 0.728. The molecule has 10 rings (SSSR count). The number of nitrogens with zero attached hydrogens (tertiary/aromatic N) is 3. The van der Waals surface area contributed by atoms with Crippen molar-refractivity contribution in [1.82, 2.24) is 14.5 Å². The van der Waals surface area contributed by atoms with Crippen LogP contribution in [0.2, 0.25) is 0 Å². The molecule has 53 heavy (non-hydrogen) atoms. The van der Waals surface area contributed by atoms with Crippen LogP contribution in [-0.2, 0) is 6.42 Å². The molecular weight excluding hydrogens is 663 g/mol. The van der Waals surface area contributed by atoms with Gasteiger partial charge in [0.25, 0.3) is 0 Å². The summed E-state index contributed by atoms with van der Waals surface area (Å²) in [6.45, 7) is 4.01. The summed E-state index contributed by atoms with van der Waals surface area (Å²) in [6, 6.07) is 60.7. The summed E-state index contributed by atoms with van der Waals surface area (Å²) in [5.74, 6) is 0.728. The average Bonchev–Trinajstić information content (AvgIpc) is 3.76. The highest BCUT2D eigenvalue weighted by Crippen LogP contribution is 2.41. The van der Waals surface area contributed by atoms with Crippen molar-refractivity contribution in [2.24, 2.45) is 0 Å². The summed E-state index contributed by atoms with van der Waals surface area (Å²) < 4.78 is 4.71. The van der Waals surface area contributed by atoms with Crippen molar-refractivity contribution >= 4 is 53.4 Å². The Hall–Kier alpha value is -6.62. The van der Waals surface area contributed by atoms with E-state index in [0.717, 1.165) is 61.5 Å². The Balaban J connectivity index is 1.15. The van der Waals surface area contributed by atoms with Crippen LogP contribution >= 0.6 is 11.3 Å². The summed E-state index contributed by atoms with van der Waals surface area (Å²) in [6.07, 6.45) is 2.81. The molecule has 3 heterocycles. The molecule has 3 nitrogen and oxygen atoms in total. The lowest BCUT2D eigenvalue weighted by molar-refractivity contribution is 1.18. The molecule has 0 spiro atoms. The Morgan fingerprint density at radius 3 is 1.98 bits per heavy atom. The summed E-state index contributed by atoms with van der Waals surface area (Å²) in [5, 5.41) is 3.60. The molecule has 0 fully saturated rings. The van der Waals surface area contributed by atoms with Crippen molar-refractivity contribution in [2.45, 2.75) is 6.42 Å². The summed E-state index contributed by atoms with van der Waals surface area (Å²) in [5.41, 5.74) is 13.5. The molecule has 0 radical (unpaired) electrons. The molecule has 0 bridgehead atoms. The highest BCUT2D eigenvalue weighted by atomic mass is 32.1. The zero-order chi connectivity index (χ0) is 35.3. The first-order valence-corrected chi connectivity index (χ1v) is 18.7. The summed E-state index contributed by atoms with van der Waals surface area (Å²) >= 11 is 1.76. The lowest BCUT2D eigenvalue weighted by Gasteiger charge is -2.10. The Bertz CT molecular complexity index is 2990. The highest BCUT2D eigenvalue weighted by Gasteiger charge is 2.18. The SMILES string of the molecule is C=CCc1ccccc1-c1ccc2c(c1)c1cc(-c3cccc(-c4nc(-c5ccccc5)c5sc6ccccc6c5n4)c3)ccc1n2-c1ccccc1. The van der Waals surface area contributed by atoms with Crippen LogP contribution in [0, 0.1) is 0 Å². The Morgan fingerprint density at radius 1 is 0.528 bits per heavy atom. The van der Waals surface area contributed by atoms with E-state index in [-0.39, 0.29) is 0 Å². The van der Waals surface area contributed by atoms with Crippen LogP contribution in [0.3, 0.4) is 0 Å². The molecular formula is C49H33N3S. The predicted octanol–water partition coefficient (Wildman–Crippen LogP) is 13.3. The number of hydrogen-bond donors (Lipinski definition) is 0. The maximum atomic E-state index is 5.25. The number of benzene rings is 7. The quantitative estimate of drug-likeness (QED) is 0.155. The molecule has 0 aliphatic carbocycles. The first-order chi connectivity index (χ1) is 26.2. The number of allylic oxidation sites excluding steroid dienone is 1. The molecule has 0 saturated heterocycles. The zero-order valence-corrected chi connectivity index (χ0v) is 29.7. The van der Waals surface area contributed by atoms with Crippen LogP contribution in [0.1, 0.15) is 5.56 Å². The lowest BCUT2D eigenvalue weighted by atomic mass is 9.96. The minimum atomic E-state index is 0.728. The van der Waals surface area contributed by atoms with Gasteiger partial charge in [-0.05, 0) is 82.8 Å². The largest absolute Gasteiger partial charge is 0.309 e. The fraction of sp³-hybridized carbons (Fsp3) is 0.0204. The van der Waals surface area contributed by atoms with Gasteiger partial charge in [-0.3, -0.25) is 0 Å². The van der Waals surface area contributed by atoms with E-state index in [2.05, 4.69) is 175 Å². The topological polar surface area (TPSA) is 30.7 Å². The Morgan fingerprint density at radius 2 is 1.17 bits per heavy atom. The molecule has 0 aliphatic rings. The Kier molecular flexibility index (Phi) is 7.55. The third-order valence-electron chi connectivity index (χ3n) is 10.2. The van der Waals surface area contributed by atoms with Crippen LogP contribution in [0.25, 0.3) is 92.7 Å². The van der Waals surface area contributed by atoms with Gasteiger partial charge in [-0.25, -0.2) is 9.97 Å².